The summed E-state index contributed by atoms with van der Waals surface area (Å²) in [5.41, 5.74) is 2.38. The number of carbonyl (C=O) groups excluding carboxylic acids is 1. The van der Waals surface area contributed by atoms with Crippen LogP contribution in [0.2, 0.25) is 5.02 Å². The average Bonchev–Trinajstić information content (AvgIpc) is 2.50. The SMILES string of the molecule is CCC(=O)Nc1ccc(NCc2cccc(Cl)c2O)cc1. The molecule has 2 rings (SSSR count). The van der Waals surface area contributed by atoms with E-state index in [2.05, 4.69) is 10.6 Å². The summed E-state index contributed by atoms with van der Waals surface area (Å²) >= 11 is 5.86. The Balaban J connectivity index is 1.97. The van der Waals surface area contributed by atoms with Crippen LogP contribution in [0.3, 0.4) is 0 Å². The van der Waals surface area contributed by atoms with Crippen LogP contribution in [-0.2, 0) is 11.3 Å². The van der Waals surface area contributed by atoms with Gasteiger partial charge in [0.2, 0.25) is 5.91 Å². The van der Waals surface area contributed by atoms with Crippen LogP contribution in [0.25, 0.3) is 0 Å². The van der Waals surface area contributed by atoms with E-state index in [4.69, 9.17) is 11.6 Å². The summed E-state index contributed by atoms with van der Waals surface area (Å²) in [6, 6.07) is 12.6. The summed E-state index contributed by atoms with van der Waals surface area (Å²) in [4.78, 5) is 11.3. The van der Waals surface area contributed by atoms with Gasteiger partial charge in [-0.05, 0) is 30.3 Å². The molecule has 0 saturated carbocycles. The smallest absolute Gasteiger partial charge is 0.224 e. The Morgan fingerprint density at radius 1 is 1.14 bits per heavy atom. The van der Waals surface area contributed by atoms with Gasteiger partial charge in [-0.2, -0.15) is 0 Å². The zero-order valence-corrected chi connectivity index (χ0v) is 12.4. The maximum absolute atomic E-state index is 11.3. The van der Waals surface area contributed by atoms with E-state index in [1.54, 1.807) is 12.1 Å². The van der Waals surface area contributed by atoms with Crippen molar-refractivity contribution < 1.29 is 9.90 Å². The van der Waals surface area contributed by atoms with Crippen molar-refractivity contribution in [3.05, 3.63) is 53.1 Å². The second kappa shape index (κ2) is 6.99. The Bertz CT molecular complexity index is 627. The molecule has 1 amide bonds. The van der Waals surface area contributed by atoms with Crippen molar-refractivity contribution in [1.82, 2.24) is 0 Å². The minimum Gasteiger partial charge on any atom is -0.506 e. The maximum Gasteiger partial charge on any atom is 0.224 e. The molecule has 110 valence electrons. The lowest BCUT2D eigenvalue weighted by Crippen LogP contribution is -2.09. The second-order valence-electron chi connectivity index (χ2n) is 4.58. The summed E-state index contributed by atoms with van der Waals surface area (Å²) in [5, 5.41) is 16.1. The van der Waals surface area contributed by atoms with Gasteiger partial charge in [-0.3, -0.25) is 4.79 Å². The van der Waals surface area contributed by atoms with Crippen LogP contribution in [0.5, 0.6) is 5.75 Å². The van der Waals surface area contributed by atoms with Gasteiger partial charge in [0.15, 0.2) is 0 Å². The molecule has 0 bridgehead atoms. The van der Waals surface area contributed by atoms with Crippen molar-refractivity contribution in [2.45, 2.75) is 19.9 Å². The number of aromatic hydroxyl groups is 1. The molecular weight excluding hydrogens is 288 g/mol. The minimum atomic E-state index is -0.0143. The first kappa shape index (κ1) is 15.2. The largest absolute Gasteiger partial charge is 0.506 e. The van der Waals surface area contributed by atoms with Gasteiger partial charge in [0, 0.05) is 29.9 Å². The van der Waals surface area contributed by atoms with Gasteiger partial charge in [0.05, 0.1) is 5.02 Å². The molecule has 21 heavy (non-hydrogen) atoms. The quantitative estimate of drug-likeness (QED) is 0.782. The van der Waals surface area contributed by atoms with E-state index in [1.165, 1.54) is 0 Å². The molecular formula is C16H17ClN2O2. The molecule has 2 aromatic carbocycles. The van der Waals surface area contributed by atoms with Gasteiger partial charge in [0.25, 0.3) is 0 Å². The highest BCUT2D eigenvalue weighted by Crippen LogP contribution is 2.27. The van der Waals surface area contributed by atoms with Crippen molar-refractivity contribution in [2.24, 2.45) is 0 Å². The molecule has 0 radical (unpaired) electrons. The minimum absolute atomic E-state index is 0.0143. The molecule has 0 spiro atoms. The molecule has 0 fully saturated rings. The van der Waals surface area contributed by atoms with Crippen LogP contribution < -0.4 is 10.6 Å². The third-order valence-electron chi connectivity index (χ3n) is 3.04. The normalized spacial score (nSPS) is 10.2. The number of rotatable bonds is 5. The first-order valence-electron chi connectivity index (χ1n) is 6.70. The predicted molar refractivity (Wildman–Crippen MR) is 85.8 cm³/mol. The van der Waals surface area contributed by atoms with E-state index in [1.807, 2.05) is 37.3 Å². The molecule has 3 N–H and O–H groups in total. The molecule has 0 unspecified atom stereocenters. The zero-order chi connectivity index (χ0) is 15.2. The fraction of sp³-hybridized carbons (Fsp3) is 0.188. The van der Waals surface area contributed by atoms with Crippen LogP contribution in [0.15, 0.2) is 42.5 Å². The maximum atomic E-state index is 11.3. The van der Waals surface area contributed by atoms with Crippen LogP contribution in [0, 0.1) is 0 Å². The molecule has 5 heteroatoms. The van der Waals surface area contributed by atoms with Gasteiger partial charge in [-0.25, -0.2) is 0 Å². The van der Waals surface area contributed by atoms with Crippen molar-refractivity contribution in [2.75, 3.05) is 10.6 Å². The number of nitrogens with one attached hydrogen (secondary N) is 2. The molecule has 0 aliphatic rings. The van der Waals surface area contributed by atoms with E-state index in [-0.39, 0.29) is 11.7 Å². The number of phenolic OH excluding ortho intramolecular Hbond substituents is 1. The number of carbonyl (C=O) groups is 1. The molecule has 2 aromatic rings. The zero-order valence-electron chi connectivity index (χ0n) is 11.7. The molecule has 0 aliphatic heterocycles. The van der Waals surface area contributed by atoms with Crippen LogP contribution in [0.1, 0.15) is 18.9 Å². The standard InChI is InChI=1S/C16H17ClN2O2/c1-2-15(20)19-13-8-6-12(7-9-13)18-10-11-4-3-5-14(17)16(11)21/h3-9,18,21H,2,10H2,1H3,(H,19,20). The average molecular weight is 305 g/mol. The van der Waals surface area contributed by atoms with Gasteiger partial charge in [0.1, 0.15) is 5.75 Å². The third kappa shape index (κ3) is 4.13. The summed E-state index contributed by atoms with van der Waals surface area (Å²) < 4.78 is 0. The lowest BCUT2D eigenvalue weighted by Gasteiger charge is -2.10. The monoisotopic (exact) mass is 304 g/mol. The Hall–Kier alpha value is -2.20. The highest BCUT2D eigenvalue weighted by Gasteiger charge is 2.05. The number of phenols is 1. The number of hydrogen-bond acceptors (Lipinski definition) is 3. The fourth-order valence-corrected chi connectivity index (χ4v) is 2.01. The van der Waals surface area contributed by atoms with Crippen LogP contribution in [-0.4, -0.2) is 11.0 Å². The summed E-state index contributed by atoms with van der Waals surface area (Å²) in [7, 11) is 0. The number of benzene rings is 2. The second-order valence-corrected chi connectivity index (χ2v) is 4.99. The molecule has 4 nitrogen and oxygen atoms in total. The Morgan fingerprint density at radius 2 is 1.81 bits per heavy atom. The molecule has 0 saturated heterocycles. The predicted octanol–water partition coefficient (Wildman–Crippen LogP) is 4.01. The first-order valence-corrected chi connectivity index (χ1v) is 7.08. The number of para-hydroxylation sites is 1. The lowest BCUT2D eigenvalue weighted by atomic mass is 10.2. The summed E-state index contributed by atoms with van der Waals surface area (Å²) in [6.07, 6.45) is 0.452. The summed E-state index contributed by atoms with van der Waals surface area (Å²) in [5.74, 6) is 0.0815. The highest BCUT2D eigenvalue weighted by atomic mass is 35.5. The Labute approximate surface area is 128 Å². The van der Waals surface area contributed by atoms with Gasteiger partial charge < -0.3 is 15.7 Å². The topological polar surface area (TPSA) is 61.4 Å². The highest BCUT2D eigenvalue weighted by molar-refractivity contribution is 6.32. The van der Waals surface area contributed by atoms with Crippen LogP contribution >= 0.6 is 11.6 Å². The molecule has 0 aliphatic carbocycles. The summed E-state index contributed by atoms with van der Waals surface area (Å²) in [6.45, 7) is 2.27. The van der Waals surface area contributed by atoms with E-state index < -0.39 is 0 Å². The van der Waals surface area contributed by atoms with Crippen molar-refractivity contribution in [3.8, 4) is 5.75 Å². The molecule has 0 heterocycles. The fourth-order valence-electron chi connectivity index (χ4n) is 1.82. The van der Waals surface area contributed by atoms with E-state index in [0.29, 0.717) is 18.0 Å². The van der Waals surface area contributed by atoms with Crippen molar-refractivity contribution >= 4 is 28.9 Å². The van der Waals surface area contributed by atoms with Gasteiger partial charge in [-0.15, -0.1) is 0 Å². The van der Waals surface area contributed by atoms with Gasteiger partial charge >= 0.3 is 0 Å². The molecule has 0 aromatic heterocycles. The number of halogens is 1. The third-order valence-corrected chi connectivity index (χ3v) is 3.35. The lowest BCUT2D eigenvalue weighted by molar-refractivity contribution is -0.115. The van der Waals surface area contributed by atoms with E-state index in [0.717, 1.165) is 16.9 Å². The number of hydrogen-bond donors (Lipinski definition) is 3. The van der Waals surface area contributed by atoms with Crippen LogP contribution in [0.4, 0.5) is 11.4 Å². The van der Waals surface area contributed by atoms with E-state index in [9.17, 15) is 9.90 Å². The Kier molecular flexibility index (Phi) is 5.06. The molecule has 0 atom stereocenters. The number of amides is 1. The number of anilines is 2. The van der Waals surface area contributed by atoms with E-state index >= 15 is 0 Å². The van der Waals surface area contributed by atoms with Crippen molar-refractivity contribution in [3.63, 3.8) is 0 Å². The van der Waals surface area contributed by atoms with Gasteiger partial charge in [-0.1, -0.05) is 30.7 Å². The van der Waals surface area contributed by atoms with Crippen molar-refractivity contribution in [1.29, 1.82) is 0 Å². The Morgan fingerprint density at radius 3 is 2.48 bits per heavy atom. The first-order chi connectivity index (χ1) is 10.1.